The molecule has 4 rings (SSSR count). The van der Waals surface area contributed by atoms with E-state index in [0.29, 0.717) is 24.2 Å². The molecule has 1 fully saturated rings. The third kappa shape index (κ3) is 4.50. The minimum Gasteiger partial charge on any atom is -0.336 e. The van der Waals surface area contributed by atoms with Gasteiger partial charge in [0.1, 0.15) is 5.56 Å². The largest absolute Gasteiger partial charge is 0.336 e. The van der Waals surface area contributed by atoms with Crippen LogP contribution in [0.2, 0.25) is 5.02 Å². The summed E-state index contributed by atoms with van der Waals surface area (Å²) in [6.45, 7) is 3.03. The van der Waals surface area contributed by atoms with E-state index in [1.807, 2.05) is 11.9 Å². The standard InChI is InChI=1S/C20H18ClN5O4S/c1-24-6-8-25(9-7-24)19(28)12-2-5-15-17(10-12)31-20(22-15)23-18(27)14-4-3-13(21)11-16(14)26(29)30/h2-5,10-11H,6-9H2,1H3,(H,22,23,27). The number of nitro benzene ring substituents is 1. The predicted molar refractivity (Wildman–Crippen MR) is 119 cm³/mol. The van der Waals surface area contributed by atoms with Gasteiger partial charge < -0.3 is 9.80 Å². The lowest BCUT2D eigenvalue weighted by Crippen LogP contribution is -2.47. The second kappa shape index (κ2) is 8.58. The van der Waals surface area contributed by atoms with Crippen molar-refractivity contribution >= 4 is 55.8 Å². The van der Waals surface area contributed by atoms with Crippen molar-refractivity contribution in [2.45, 2.75) is 0 Å². The highest BCUT2D eigenvalue weighted by atomic mass is 35.5. The Morgan fingerprint density at radius 3 is 2.61 bits per heavy atom. The average Bonchev–Trinajstić information content (AvgIpc) is 3.14. The van der Waals surface area contributed by atoms with Crippen LogP contribution in [-0.4, -0.2) is 64.7 Å². The summed E-state index contributed by atoms with van der Waals surface area (Å²) in [6.07, 6.45) is 0. The summed E-state index contributed by atoms with van der Waals surface area (Å²) in [5.41, 5.74) is 0.693. The van der Waals surface area contributed by atoms with Crippen molar-refractivity contribution in [3.05, 3.63) is 62.7 Å². The minimum absolute atomic E-state index is 0.0363. The molecule has 0 atom stereocenters. The second-order valence-corrected chi connectivity index (χ2v) is 8.64. The Labute approximate surface area is 186 Å². The van der Waals surface area contributed by atoms with Crippen molar-refractivity contribution < 1.29 is 14.5 Å². The Morgan fingerprint density at radius 2 is 1.90 bits per heavy atom. The number of hydrogen-bond acceptors (Lipinski definition) is 7. The zero-order valence-electron chi connectivity index (χ0n) is 16.5. The molecule has 2 heterocycles. The summed E-state index contributed by atoms with van der Waals surface area (Å²) in [4.78, 5) is 44.3. The number of anilines is 1. The Bertz CT molecular complexity index is 1190. The topological polar surface area (TPSA) is 109 Å². The molecule has 0 aliphatic carbocycles. The van der Waals surface area contributed by atoms with Gasteiger partial charge in [0.15, 0.2) is 5.13 Å². The highest BCUT2D eigenvalue weighted by Gasteiger charge is 2.23. The number of aromatic nitrogens is 1. The summed E-state index contributed by atoms with van der Waals surface area (Å²) in [5, 5.41) is 14.3. The molecule has 11 heteroatoms. The van der Waals surface area contributed by atoms with Gasteiger partial charge in [-0.15, -0.1) is 0 Å². The molecule has 0 spiro atoms. The number of carbonyl (C=O) groups is 2. The zero-order valence-corrected chi connectivity index (χ0v) is 18.1. The molecule has 1 N–H and O–H groups in total. The summed E-state index contributed by atoms with van der Waals surface area (Å²) >= 11 is 7.00. The van der Waals surface area contributed by atoms with Crippen LogP contribution in [0.1, 0.15) is 20.7 Å². The van der Waals surface area contributed by atoms with Crippen molar-refractivity contribution in [2.24, 2.45) is 0 Å². The maximum absolute atomic E-state index is 12.8. The third-order valence-corrected chi connectivity index (χ3v) is 6.22. The van der Waals surface area contributed by atoms with Gasteiger partial charge in [-0.3, -0.25) is 25.0 Å². The van der Waals surface area contributed by atoms with Gasteiger partial charge in [0.2, 0.25) is 0 Å². The summed E-state index contributed by atoms with van der Waals surface area (Å²) in [6, 6.07) is 9.06. The molecule has 160 valence electrons. The highest BCUT2D eigenvalue weighted by Crippen LogP contribution is 2.29. The van der Waals surface area contributed by atoms with Gasteiger partial charge in [0.25, 0.3) is 17.5 Å². The van der Waals surface area contributed by atoms with Crippen molar-refractivity contribution in [1.29, 1.82) is 0 Å². The average molecular weight is 460 g/mol. The Morgan fingerprint density at radius 1 is 1.16 bits per heavy atom. The van der Waals surface area contributed by atoms with Crippen molar-refractivity contribution in [3.63, 3.8) is 0 Å². The quantitative estimate of drug-likeness (QED) is 0.472. The Balaban J connectivity index is 1.54. The molecule has 1 aliphatic heterocycles. The number of halogens is 1. The summed E-state index contributed by atoms with van der Waals surface area (Å²) in [5.74, 6) is -0.693. The van der Waals surface area contributed by atoms with Crippen LogP contribution in [0.5, 0.6) is 0 Å². The molecular weight excluding hydrogens is 442 g/mol. The van der Waals surface area contributed by atoms with E-state index >= 15 is 0 Å². The van der Waals surface area contributed by atoms with E-state index in [-0.39, 0.29) is 27.3 Å². The first-order valence-electron chi connectivity index (χ1n) is 9.45. The number of rotatable bonds is 4. The van der Waals surface area contributed by atoms with E-state index in [9.17, 15) is 19.7 Å². The van der Waals surface area contributed by atoms with Gasteiger partial charge in [-0.05, 0) is 37.4 Å². The van der Waals surface area contributed by atoms with E-state index in [1.54, 1.807) is 18.2 Å². The lowest BCUT2D eigenvalue weighted by molar-refractivity contribution is -0.385. The third-order valence-electron chi connectivity index (χ3n) is 5.05. The van der Waals surface area contributed by atoms with Gasteiger partial charge in [0, 0.05) is 42.8 Å². The van der Waals surface area contributed by atoms with Gasteiger partial charge in [-0.2, -0.15) is 0 Å². The number of nitro groups is 1. The molecule has 1 aliphatic rings. The fraction of sp³-hybridized carbons (Fsp3) is 0.250. The summed E-state index contributed by atoms with van der Waals surface area (Å²) in [7, 11) is 2.03. The lowest BCUT2D eigenvalue weighted by Gasteiger charge is -2.32. The van der Waals surface area contributed by atoms with Gasteiger partial charge in [0.05, 0.1) is 15.1 Å². The normalized spacial score (nSPS) is 14.6. The molecule has 1 saturated heterocycles. The molecule has 0 radical (unpaired) electrons. The maximum atomic E-state index is 12.8. The van der Waals surface area contributed by atoms with Crippen LogP contribution in [-0.2, 0) is 0 Å². The van der Waals surface area contributed by atoms with Gasteiger partial charge >= 0.3 is 0 Å². The van der Waals surface area contributed by atoms with Crippen LogP contribution < -0.4 is 5.32 Å². The smallest absolute Gasteiger partial charge is 0.283 e. The predicted octanol–water partition coefficient (Wildman–Crippen LogP) is 3.50. The van der Waals surface area contributed by atoms with Crippen LogP contribution in [0, 0.1) is 10.1 Å². The first-order valence-corrected chi connectivity index (χ1v) is 10.6. The minimum atomic E-state index is -0.657. The number of hydrogen-bond donors (Lipinski definition) is 1. The fourth-order valence-corrected chi connectivity index (χ4v) is 4.38. The summed E-state index contributed by atoms with van der Waals surface area (Å²) < 4.78 is 0.737. The molecular formula is C20H18ClN5O4S. The van der Waals surface area contributed by atoms with Crippen molar-refractivity contribution in [3.8, 4) is 0 Å². The number of amides is 2. The molecule has 31 heavy (non-hydrogen) atoms. The van der Waals surface area contributed by atoms with E-state index in [1.165, 1.54) is 23.5 Å². The van der Waals surface area contributed by atoms with E-state index < -0.39 is 10.8 Å². The van der Waals surface area contributed by atoms with E-state index in [4.69, 9.17) is 11.6 Å². The molecule has 0 bridgehead atoms. The fourth-order valence-electron chi connectivity index (χ4n) is 3.32. The first kappa shape index (κ1) is 21.2. The van der Waals surface area contributed by atoms with Crippen LogP contribution in [0.25, 0.3) is 10.2 Å². The maximum Gasteiger partial charge on any atom is 0.283 e. The van der Waals surface area contributed by atoms with Crippen molar-refractivity contribution in [1.82, 2.24) is 14.8 Å². The number of piperazine rings is 1. The monoisotopic (exact) mass is 459 g/mol. The molecule has 0 unspecified atom stereocenters. The Hall–Kier alpha value is -3.08. The van der Waals surface area contributed by atoms with Crippen LogP contribution >= 0.6 is 22.9 Å². The lowest BCUT2D eigenvalue weighted by atomic mass is 10.1. The van der Waals surface area contributed by atoms with E-state index in [2.05, 4.69) is 15.2 Å². The molecule has 0 saturated carbocycles. The molecule has 9 nitrogen and oxygen atoms in total. The number of likely N-dealkylation sites (N-methyl/N-ethyl adjacent to an activating group) is 1. The first-order chi connectivity index (χ1) is 14.8. The number of carbonyl (C=O) groups excluding carboxylic acids is 2. The number of thiazole rings is 1. The van der Waals surface area contributed by atoms with Crippen LogP contribution in [0.3, 0.4) is 0 Å². The zero-order chi connectivity index (χ0) is 22.1. The van der Waals surface area contributed by atoms with Crippen molar-refractivity contribution in [2.75, 3.05) is 38.5 Å². The van der Waals surface area contributed by atoms with Crippen LogP contribution in [0.15, 0.2) is 36.4 Å². The molecule has 2 amide bonds. The molecule has 1 aromatic heterocycles. The second-order valence-electron chi connectivity index (χ2n) is 7.17. The Kier molecular flexibility index (Phi) is 5.86. The SMILES string of the molecule is CN1CCN(C(=O)c2ccc3nc(NC(=O)c4ccc(Cl)cc4[N+](=O)[O-])sc3c2)CC1. The molecule has 3 aromatic rings. The highest BCUT2D eigenvalue weighted by molar-refractivity contribution is 7.22. The number of fused-ring (bicyclic) bond motifs is 1. The van der Waals surface area contributed by atoms with Crippen LogP contribution in [0.4, 0.5) is 10.8 Å². The van der Waals surface area contributed by atoms with E-state index in [0.717, 1.165) is 23.9 Å². The molecule has 2 aromatic carbocycles. The van der Waals surface area contributed by atoms with Gasteiger partial charge in [-0.1, -0.05) is 22.9 Å². The number of nitrogens with zero attached hydrogens (tertiary/aromatic N) is 4. The number of nitrogens with one attached hydrogen (secondary N) is 1. The van der Waals surface area contributed by atoms with Gasteiger partial charge in [-0.25, -0.2) is 4.98 Å². The number of benzene rings is 2.